The fourth-order valence-corrected chi connectivity index (χ4v) is 2.13. The Labute approximate surface area is 145 Å². The fraction of sp³-hybridized carbons (Fsp3) is 0.111. The van der Waals surface area contributed by atoms with E-state index in [1.165, 1.54) is 0 Å². The summed E-state index contributed by atoms with van der Waals surface area (Å²) in [6.45, 7) is 3.67. The van der Waals surface area contributed by atoms with Crippen molar-refractivity contribution >= 4 is 29.1 Å². The van der Waals surface area contributed by atoms with Crippen molar-refractivity contribution in [2.75, 3.05) is 18.5 Å². The summed E-state index contributed by atoms with van der Waals surface area (Å²) in [6, 6.07) is 13.6. The van der Waals surface area contributed by atoms with Gasteiger partial charge in [0.05, 0.1) is 16.3 Å². The van der Waals surface area contributed by atoms with E-state index in [1.54, 1.807) is 54.6 Å². The van der Waals surface area contributed by atoms with E-state index in [0.29, 0.717) is 28.6 Å². The molecule has 0 fully saturated rings. The second-order valence-corrected chi connectivity index (χ2v) is 5.22. The van der Waals surface area contributed by atoms with Crippen LogP contribution in [0.2, 0.25) is 5.02 Å². The maximum absolute atomic E-state index is 12.1. The van der Waals surface area contributed by atoms with Gasteiger partial charge in [0.25, 0.3) is 11.8 Å². The minimum atomic E-state index is -0.390. The van der Waals surface area contributed by atoms with Crippen LogP contribution in [0.15, 0.2) is 61.2 Å². The Hall–Kier alpha value is -2.79. The van der Waals surface area contributed by atoms with Gasteiger partial charge in [-0.2, -0.15) is 0 Å². The second kappa shape index (κ2) is 8.74. The van der Waals surface area contributed by atoms with Crippen molar-refractivity contribution in [3.05, 3.63) is 71.8 Å². The van der Waals surface area contributed by atoms with Crippen LogP contribution in [0, 0.1) is 0 Å². The summed E-state index contributed by atoms with van der Waals surface area (Å²) >= 11 is 5.97. The quantitative estimate of drug-likeness (QED) is 0.757. The van der Waals surface area contributed by atoms with Gasteiger partial charge >= 0.3 is 0 Å². The van der Waals surface area contributed by atoms with Crippen molar-refractivity contribution in [3.63, 3.8) is 0 Å². The molecule has 0 aliphatic carbocycles. The van der Waals surface area contributed by atoms with Crippen LogP contribution in [-0.4, -0.2) is 25.0 Å². The average molecular weight is 345 g/mol. The minimum absolute atomic E-state index is 0.216. The molecule has 0 spiro atoms. The molecule has 0 radical (unpaired) electrons. The molecule has 0 aromatic heterocycles. The second-order valence-electron chi connectivity index (χ2n) is 4.81. The standard InChI is InChI=1S/C18H17ClN2O3/c1-2-11-20-18(23)13-7-3-5-9-15(13)21-17(22)12-24-16-10-6-4-8-14(16)19/h2-10H,1,11-12H2,(H,20,23)(H,21,22). The van der Waals surface area contributed by atoms with E-state index in [9.17, 15) is 9.59 Å². The molecule has 0 saturated carbocycles. The number of carbonyl (C=O) groups excluding carboxylic acids is 2. The van der Waals surface area contributed by atoms with Crippen LogP contribution in [0.3, 0.4) is 0 Å². The zero-order chi connectivity index (χ0) is 17.4. The summed E-state index contributed by atoms with van der Waals surface area (Å²) in [7, 11) is 0. The van der Waals surface area contributed by atoms with Crippen LogP contribution in [0.5, 0.6) is 5.75 Å². The van der Waals surface area contributed by atoms with Crippen molar-refractivity contribution < 1.29 is 14.3 Å². The molecule has 0 unspecified atom stereocenters. The lowest BCUT2D eigenvalue weighted by Gasteiger charge is -2.12. The fourth-order valence-electron chi connectivity index (χ4n) is 1.94. The van der Waals surface area contributed by atoms with Gasteiger partial charge in [-0.3, -0.25) is 9.59 Å². The predicted octanol–water partition coefficient (Wildman–Crippen LogP) is 3.27. The van der Waals surface area contributed by atoms with Crippen LogP contribution >= 0.6 is 11.6 Å². The van der Waals surface area contributed by atoms with Gasteiger partial charge < -0.3 is 15.4 Å². The number of anilines is 1. The Balaban J connectivity index is 2.00. The summed E-state index contributed by atoms with van der Waals surface area (Å²) in [6.07, 6.45) is 1.58. The predicted molar refractivity (Wildman–Crippen MR) is 94.5 cm³/mol. The molecular weight excluding hydrogens is 328 g/mol. The molecule has 2 amide bonds. The first-order chi connectivity index (χ1) is 11.6. The molecular formula is C18H17ClN2O3. The summed E-state index contributed by atoms with van der Waals surface area (Å²) in [4.78, 5) is 24.1. The number of halogens is 1. The molecule has 0 atom stereocenters. The van der Waals surface area contributed by atoms with E-state index < -0.39 is 0 Å². The Morgan fingerprint density at radius 1 is 1.12 bits per heavy atom. The minimum Gasteiger partial charge on any atom is -0.482 e. The maximum atomic E-state index is 12.1. The number of amides is 2. The molecule has 2 N–H and O–H groups in total. The number of rotatable bonds is 7. The number of benzene rings is 2. The molecule has 2 rings (SSSR count). The van der Waals surface area contributed by atoms with Gasteiger partial charge in [0.15, 0.2) is 6.61 Å². The van der Waals surface area contributed by atoms with E-state index in [1.807, 2.05) is 0 Å². The number of hydrogen-bond donors (Lipinski definition) is 2. The molecule has 0 aliphatic heterocycles. The topological polar surface area (TPSA) is 67.4 Å². The number of para-hydroxylation sites is 2. The number of ether oxygens (including phenoxy) is 1. The highest BCUT2D eigenvalue weighted by Gasteiger charge is 2.13. The molecule has 124 valence electrons. The lowest BCUT2D eigenvalue weighted by Crippen LogP contribution is -2.26. The molecule has 0 bridgehead atoms. The Morgan fingerprint density at radius 2 is 1.83 bits per heavy atom. The number of hydrogen-bond acceptors (Lipinski definition) is 3. The SMILES string of the molecule is C=CCNC(=O)c1ccccc1NC(=O)COc1ccccc1Cl. The molecule has 6 heteroatoms. The normalized spacial score (nSPS) is 9.88. The third-order valence-corrected chi connectivity index (χ3v) is 3.36. The molecule has 0 heterocycles. The van der Waals surface area contributed by atoms with E-state index >= 15 is 0 Å². The van der Waals surface area contributed by atoms with Crippen LogP contribution < -0.4 is 15.4 Å². The first-order valence-corrected chi connectivity index (χ1v) is 7.65. The van der Waals surface area contributed by atoms with E-state index in [2.05, 4.69) is 17.2 Å². The van der Waals surface area contributed by atoms with Gasteiger partial charge in [-0.05, 0) is 24.3 Å². The van der Waals surface area contributed by atoms with Crippen LogP contribution in [0.4, 0.5) is 5.69 Å². The van der Waals surface area contributed by atoms with Crippen molar-refractivity contribution in [2.24, 2.45) is 0 Å². The average Bonchev–Trinajstić information content (AvgIpc) is 2.59. The lowest BCUT2D eigenvalue weighted by molar-refractivity contribution is -0.118. The number of carbonyl (C=O) groups is 2. The lowest BCUT2D eigenvalue weighted by atomic mass is 10.1. The first kappa shape index (κ1) is 17.6. The maximum Gasteiger partial charge on any atom is 0.262 e. The summed E-state index contributed by atoms with van der Waals surface area (Å²) in [5, 5.41) is 5.76. The highest BCUT2D eigenvalue weighted by atomic mass is 35.5. The number of nitrogens with one attached hydrogen (secondary N) is 2. The van der Waals surface area contributed by atoms with Crippen molar-refractivity contribution in [1.29, 1.82) is 0 Å². The van der Waals surface area contributed by atoms with E-state index in [-0.39, 0.29) is 18.4 Å². The molecule has 2 aromatic rings. The first-order valence-electron chi connectivity index (χ1n) is 7.27. The zero-order valence-electron chi connectivity index (χ0n) is 12.9. The van der Waals surface area contributed by atoms with Crippen molar-refractivity contribution in [3.8, 4) is 5.75 Å². The van der Waals surface area contributed by atoms with Gasteiger partial charge in [-0.1, -0.05) is 41.9 Å². The molecule has 0 aliphatic rings. The van der Waals surface area contributed by atoms with Gasteiger partial charge in [0.2, 0.25) is 0 Å². The van der Waals surface area contributed by atoms with Crippen LogP contribution in [0.1, 0.15) is 10.4 Å². The molecule has 24 heavy (non-hydrogen) atoms. The summed E-state index contributed by atoms with van der Waals surface area (Å²) in [5.41, 5.74) is 0.775. The Kier molecular flexibility index (Phi) is 6.40. The van der Waals surface area contributed by atoms with Crippen molar-refractivity contribution in [2.45, 2.75) is 0 Å². The highest BCUT2D eigenvalue weighted by molar-refractivity contribution is 6.32. The van der Waals surface area contributed by atoms with Crippen molar-refractivity contribution in [1.82, 2.24) is 5.32 Å². The summed E-state index contributed by atoms with van der Waals surface area (Å²) in [5.74, 6) is -0.261. The third-order valence-electron chi connectivity index (χ3n) is 3.05. The van der Waals surface area contributed by atoms with Crippen LogP contribution in [0.25, 0.3) is 0 Å². The van der Waals surface area contributed by atoms with Crippen LogP contribution in [-0.2, 0) is 4.79 Å². The van der Waals surface area contributed by atoms with E-state index in [4.69, 9.17) is 16.3 Å². The molecule has 5 nitrogen and oxygen atoms in total. The largest absolute Gasteiger partial charge is 0.482 e. The highest BCUT2D eigenvalue weighted by Crippen LogP contribution is 2.23. The molecule has 2 aromatic carbocycles. The summed E-state index contributed by atoms with van der Waals surface area (Å²) < 4.78 is 5.38. The monoisotopic (exact) mass is 344 g/mol. The Morgan fingerprint density at radius 3 is 2.58 bits per heavy atom. The molecule has 0 saturated heterocycles. The van der Waals surface area contributed by atoms with Gasteiger partial charge in [-0.15, -0.1) is 6.58 Å². The van der Waals surface area contributed by atoms with E-state index in [0.717, 1.165) is 0 Å². The van der Waals surface area contributed by atoms with Gasteiger partial charge in [-0.25, -0.2) is 0 Å². The smallest absolute Gasteiger partial charge is 0.262 e. The zero-order valence-corrected chi connectivity index (χ0v) is 13.7. The van der Waals surface area contributed by atoms with Gasteiger partial charge in [0, 0.05) is 6.54 Å². The Bertz CT molecular complexity index is 747. The van der Waals surface area contributed by atoms with Gasteiger partial charge in [0.1, 0.15) is 5.75 Å². The third kappa shape index (κ3) is 4.86.